The number of carbonyl (C=O) groups is 1. The smallest absolute Gasteiger partial charge is 0.306 e. The van der Waals surface area contributed by atoms with Gasteiger partial charge in [0.1, 0.15) is 19.3 Å². The molecule has 0 bridgehead atoms. The Kier molecular flexibility index (Phi) is 45.8. The maximum absolute atomic E-state index is 12.8. The number of quaternary nitrogens is 1. The molecule has 2 unspecified atom stereocenters. The van der Waals surface area contributed by atoms with Crippen LogP contribution in [-0.2, 0) is 27.9 Å². The van der Waals surface area contributed by atoms with Gasteiger partial charge in [-0.3, -0.25) is 9.36 Å². The van der Waals surface area contributed by atoms with Gasteiger partial charge in [0.15, 0.2) is 0 Å². The van der Waals surface area contributed by atoms with Crippen molar-refractivity contribution in [1.29, 1.82) is 0 Å². The summed E-state index contributed by atoms with van der Waals surface area (Å²) < 4.78 is 34.8. The van der Waals surface area contributed by atoms with E-state index in [1.54, 1.807) is 0 Å². The largest absolute Gasteiger partial charge is 0.756 e. The number of unbranched alkanes of at least 4 members (excludes halogenated alkanes) is 27. The number of phosphoric ester groups is 1. The lowest BCUT2D eigenvalue weighted by Gasteiger charge is -2.28. The van der Waals surface area contributed by atoms with Crippen molar-refractivity contribution in [2.45, 2.75) is 238 Å². The monoisotopic (exact) mass is 908 g/mol. The Morgan fingerprint density at radius 1 is 0.492 bits per heavy atom. The third-order valence-electron chi connectivity index (χ3n) is 11.4. The quantitative estimate of drug-likeness (QED) is 0.0197. The van der Waals surface area contributed by atoms with Crippen LogP contribution in [0.15, 0.2) is 48.6 Å². The maximum Gasteiger partial charge on any atom is 0.306 e. The van der Waals surface area contributed by atoms with Crippen LogP contribution in [-0.4, -0.2) is 70.7 Å². The molecule has 0 heterocycles. The predicted octanol–water partition coefficient (Wildman–Crippen LogP) is 15.7. The van der Waals surface area contributed by atoms with Crippen LogP contribution < -0.4 is 4.89 Å². The highest BCUT2D eigenvalue weighted by atomic mass is 31.2. The zero-order chi connectivity index (χ0) is 46.2. The van der Waals surface area contributed by atoms with E-state index < -0.39 is 13.9 Å². The average molecular weight is 908 g/mol. The Morgan fingerprint density at radius 2 is 0.873 bits per heavy atom. The van der Waals surface area contributed by atoms with E-state index in [2.05, 4.69) is 62.5 Å². The highest BCUT2D eigenvalue weighted by molar-refractivity contribution is 7.45. The molecule has 0 amide bonds. The van der Waals surface area contributed by atoms with Gasteiger partial charge in [-0.25, -0.2) is 0 Å². The fourth-order valence-corrected chi connectivity index (χ4v) is 7.98. The van der Waals surface area contributed by atoms with E-state index in [0.717, 1.165) is 57.8 Å². The van der Waals surface area contributed by atoms with Gasteiger partial charge in [0, 0.05) is 13.0 Å². The van der Waals surface area contributed by atoms with Crippen molar-refractivity contribution in [3.63, 3.8) is 0 Å². The summed E-state index contributed by atoms with van der Waals surface area (Å²) in [6.07, 6.45) is 58.5. The van der Waals surface area contributed by atoms with Crippen molar-refractivity contribution in [2.75, 3.05) is 54.1 Å². The molecule has 63 heavy (non-hydrogen) atoms. The lowest BCUT2D eigenvalue weighted by Crippen LogP contribution is -2.37. The van der Waals surface area contributed by atoms with E-state index in [-0.39, 0.29) is 25.8 Å². The number of nitrogens with zero attached hydrogens (tertiary/aromatic N) is 1. The predicted molar refractivity (Wildman–Crippen MR) is 268 cm³/mol. The highest BCUT2D eigenvalue weighted by Crippen LogP contribution is 2.38. The fraction of sp³-hybridized carbons (Fsp3) is 0.833. The van der Waals surface area contributed by atoms with Crippen LogP contribution >= 0.6 is 7.82 Å². The molecule has 0 saturated carbocycles. The molecule has 2 atom stereocenters. The lowest BCUT2D eigenvalue weighted by atomic mass is 10.1. The molecular formula is C54H102NO7P. The Balaban J connectivity index is 4.17. The second-order valence-corrected chi connectivity index (χ2v) is 20.3. The summed E-state index contributed by atoms with van der Waals surface area (Å²) in [6.45, 7) is 5.40. The zero-order valence-corrected chi connectivity index (χ0v) is 42.9. The van der Waals surface area contributed by atoms with Gasteiger partial charge in [-0.15, -0.1) is 0 Å². The molecule has 9 heteroatoms. The standard InChI is InChI=1S/C54H102NO7P/c1-6-8-10-12-14-16-18-20-22-24-26-28-29-31-33-35-37-39-41-43-45-47-54(56)62-53(52-61-63(57,58)60-50-48-55(3,4)5)51-59-49-46-44-42-40-38-36-34-32-30-27-25-23-21-19-17-15-13-11-9-7-2/h18,20-21,23-24,26,29,31,53H,6-17,19,22,25,27-28,30,32-52H2,1-5H3/b20-18-,23-21-,26-24-,31-29-. The van der Waals surface area contributed by atoms with Gasteiger partial charge in [0.25, 0.3) is 7.82 Å². The van der Waals surface area contributed by atoms with Crippen molar-refractivity contribution in [1.82, 2.24) is 0 Å². The molecule has 0 aromatic rings. The van der Waals surface area contributed by atoms with Gasteiger partial charge in [-0.2, -0.15) is 0 Å². The zero-order valence-electron chi connectivity index (χ0n) is 42.0. The van der Waals surface area contributed by atoms with E-state index in [1.807, 2.05) is 21.1 Å². The number of carbonyl (C=O) groups excluding carboxylic acids is 1. The second-order valence-electron chi connectivity index (χ2n) is 18.9. The topological polar surface area (TPSA) is 94.1 Å². The Bertz CT molecular complexity index is 1150. The number of esters is 1. The fourth-order valence-electron chi connectivity index (χ4n) is 7.25. The minimum Gasteiger partial charge on any atom is -0.756 e. The summed E-state index contributed by atoms with van der Waals surface area (Å²) in [4.78, 5) is 25.2. The van der Waals surface area contributed by atoms with Crippen LogP contribution in [0.1, 0.15) is 232 Å². The van der Waals surface area contributed by atoms with Crippen LogP contribution in [0.25, 0.3) is 0 Å². The molecule has 0 fully saturated rings. The van der Waals surface area contributed by atoms with E-state index in [4.69, 9.17) is 18.5 Å². The minimum absolute atomic E-state index is 0.0223. The van der Waals surface area contributed by atoms with Crippen molar-refractivity contribution in [2.24, 2.45) is 0 Å². The van der Waals surface area contributed by atoms with Gasteiger partial charge in [0.05, 0.1) is 34.4 Å². The lowest BCUT2D eigenvalue weighted by molar-refractivity contribution is -0.870. The molecular weight excluding hydrogens is 806 g/mol. The molecule has 8 nitrogen and oxygen atoms in total. The number of hydrogen-bond acceptors (Lipinski definition) is 7. The molecule has 0 radical (unpaired) electrons. The first-order valence-corrected chi connectivity index (χ1v) is 27.8. The summed E-state index contributed by atoms with van der Waals surface area (Å²) in [7, 11) is 1.35. The highest BCUT2D eigenvalue weighted by Gasteiger charge is 2.20. The first-order valence-electron chi connectivity index (χ1n) is 26.4. The molecule has 0 aromatic heterocycles. The molecule has 0 aliphatic carbocycles. The third-order valence-corrected chi connectivity index (χ3v) is 12.3. The summed E-state index contributed by atoms with van der Waals surface area (Å²) >= 11 is 0. The molecule has 0 rings (SSSR count). The molecule has 370 valence electrons. The molecule has 0 saturated heterocycles. The molecule has 0 aliphatic heterocycles. The first kappa shape index (κ1) is 61.5. The summed E-state index contributed by atoms with van der Waals surface area (Å²) in [6, 6.07) is 0. The molecule has 0 N–H and O–H groups in total. The Hall–Kier alpha value is -1.54. The van der Waals surface area contributed by atoms with Gasteiger partial charge < -0.3 is 27.9 Å². The number of allylic oxidation sites excluding steroid dienone is 8. The van der Waals surface area contributed by atoms with E-state index in [9.17, 15) is 14.3 Å². The SMILES string of the molecule is CCCCCCC/C=C\C/C=C\C/C=C\CCCCCCCCC(=O)OC(COCCCCCCCCCCCC/C=C\CCCCCCCC)COP(=O)([O-])OCC[N+](C)(C)C. The summed E-state index contributed by atoms with van der Waals surface area (Å²) in [5.74, 6) is -0.345. The minimum atomic E-state index is -4.54. The summed E-state index contributed by atoms with van der Waals surface area (Å²) in [5, 5.41) is 0. The maximum atomic E-state index is 12.8. The van der Waals surface area contributed by atoms with Crippen molar-refractivity contribution in [3.8, 4) is 0 Å². The van der Waals surface area contributed by atoms with Gasteiger partial charge in [-0.05, 0) is 77.0 Å². The molecule has 0 aliphatic rings. The van der Waals surface area contributed by atoms with Gasteiger partial charge in [-0.1, -0.05) is 197 Å². The molecule has 0 aromatic carbocycles. The number of hydrogen-bond donors (Lipinski definition) is 0. The van der Waals surface area contributed by atoms with Crippen molar-refractivity contribution >= 4 is 13.8 Å². The van der Waals surface area contributed by atoms with Crippen LogP contribution in [0, 0.1) is 0 Å². The third kappa shape index (κ3) is 51.3. The normalized spacial score (nSPS) is 13.9. The van der Waals surface area contributed by atoms with Crippen LogP contribution in [0.3, 0.4) is 0 Å². The van der Waals surface area contributed by atoms with E-state index in [1.165, 1.54) is 154 Å². The van der Waals surface area contributed by atoms with Crippen LogP contribution in [0.4, 0.5) is 0 Å². The Labute approximate surface area is 390 Å². The molecule has 0 spiro atoms. The van der Waals surface area contributed by atoms with Crippen molar-refractivity contribution in [3.05, 3.63) is 48.6 Å². The Morgan fingerprint density at radius 3 is 1.32 bits per heavy atom. The number of likely N-dealkylation sites (N-methyl/N-ethyl adjacent to an activating group) is 1. The van der Waals surface area contributed by atoms with Crippen LogP contribution in [0.2, 0.25) is 0 Å². The van der Waals surface area contributed by atoms with Gasteiger partial charge >= 0.3 is 5.97 Å². The number of phosphoric acid groups is 1. The van der Waals surface area contributed by atoms with E-state index >= 15 is 0 Å². The van der Waals surface area contributed by atoms with Crippen LogP contribution in [0.5, 0.6) is 0 Å². The van der Waals surface area contributed by atoms with Crippen molar-refractivity contribution < 1.29 is 37.3 Å². The van der Waals surface area contributed by atoms with E-state index in [0.29, 0.717) is 24.1 Å². The number of ether oxygens (including phenoxy) is 2. The summed E-state index contributed by atoms with van der Waals surface area (Å²) in [5.41, 5.74) is 0. The van der Waals surface area contributed by atoms with Gasteiger partial charge in [0.2, 0.25) is 0 Å². The number of rotatable bonds is 49. The second kappa shape index (κ2) is 47.0. The average Bonchev–Trinajstić information content (AvgIpc) is 3.24. The first-order chi connectivity index (χ1) is 30.6.